The predicted octanol–water partition coefficient (Wildman–Crippen LogP) is 0.606. The molecule has 4 N–H and O–H groups in total. The quantitative estimate of drug-likeness (QED) is 0.268. The van der Waals surface area contributed by atoms with Crippen molar-refractivity contribution in [1.29, 1.82) is 0 Å². The Balaban J connectivity index is 3.44. The molecule has 0 aliphatic carbocycles. The molecule has 76 valence electrons. The average Bonchev–Trinajstić information content (AvgIpc) is 2.14. The van der Waals surface area contributed by atoms with Crippen molar-refractivity contribution in [1.82, 2.24) is 0 Å². The molecule has 0 saturated carbocycles. The van der Waals surface area contributed by atoms with E-state index in [0.29, 0.717) is 0 Å². The molecule has 0 atom stereocenters. The van der Waals surface area contributed by atoms with Crippen molar-refractivity contribution in [2.24, 2.45) is 0 Å². The molecule has 0 aromatic heterocycles. The number of nitrogens with two attached hydrogens (primary N) is 1. The van der Waals surface area contributed by atoms with Gasteiger partial charge in [-0.2, -0.15) is 0 Å². The molecule has 0 heterocycles. The molecule has 0 unspecified atom stereocenters. The minimum Gasteiger partial charge on any atom is -0.504 e. The van der Waals surface area contributed by atoms with Gasteiger partial charge in [-0.05, 0) is 0 Å². The highest BCUT2D eigenvalue weighted by Crippen LogP contribution is 2.35. The molecule has 0 aliphatic heterocycles. The van der Waals surface area contributed by atoms with E-state index in [-0.39, 0.29) is 5.69 Å². The van der Waals surface area contributed by atoms with Gasteiger partial charge in [0.05, 0.1) is 12.8 Å². The summed E-state index contributed by atoms with van der Waals surface area (Å²) in [5.74, 6) is -4.00. The fourth-order valence-electron chi connectivity index (χ4n) is 0.962. The number of anilines is 1. The SMILES string of the molecule is COC(=O)c1c(N)cc(F)c(O)c1O. The van der Waals surface area contributed by atoms with Gasteiger partial charge in [-0.25, -0.2) is 9.18 Å². The van der Waals surface area contributed by atoms with Crippen molar-refractivity contribution in [2.75, 3.05) is 12.8 Å². The van der Waals surface area contributed by atoms with E-state index in [9.17, 15) is 14.3 Å². The van der Waals surface area contributed by atoms with Crippen LogP contribution in [0.25, 0.3) is 0 Å². The molecular weight excluding hydrogens is 193 g/mol. The smallest absolute Gasteiger partial charge is 0.343 e. The molecule has 0 radical (unpaired) electrons. The lowest BCUT2D eigenvalue weighted by molar-refractivity contribution is 0.0598. The molecule has 0 saturated heterocycles. The first-order valence-corrected chi connectivity index (χ1v) is 3.57. The highest BCUT2D eigenvalue weighted by Gasteiger charge is 2.21. The maximum absolute atomic E-state index is 12.7. The van der Waals surface area contributed by atoms with E-state index >= 15 is 0 Å². The summed E-state index contributed by atoms with van der Waals surface area (Å²) in [5, 5.41) is 18.2. The Hall–Kier alpha value is -1.98. The third kappa shape index (κ3) is 1.41. The summed E-state index contributed by atoms with van der Waals surface area (Å²) in [4.78, 5) is 11.0. The summed E-state index contributed by atoms with van der Waals surface area (Å²) in [6, 6.07) is 0.724. The molecule has 6 heteroatoms. The normalized spacial score (nSPS) is 9.86. The largest absolute Gasteiger partial charge is 0.504 e. The zero-order chi connectivity index (χ0) is 10.9. The second kappa shape index (κ2) is 3.41. The number of ether oxygens (including phenoxy) is 1. The summed E-state index contributed by atoms with van der Waals surface area (Å²) in [7, 11) is 1.07. The fraction of sp³-hybridized carbons (Fsp3) is 0.125. The summed E-state index contributed by atoms with van der Waals surface area (Å²) < 4.78 is 17.0. The number of halogens is 1. The number of carbonyl (C=O) groups is 1. The van der Waals surface area contributed by atoms with Gasteiger partial charge in [0.15, 0.2) is 17.3 Å². The Kier molecular flexibility index (Phi) is 2.46. The topological polar surface area (TPSA) is 92.8 Å². The zero-order valence-electron chi connectivity index (χ0n) is 7.24. The van der Waals surface area contributed by atoms with Crippen LogP contribution in [0.1, 0.15) is 10.4 Å². The monoisotopic (exact) mass is 201 g/mol. The zero-order valence-corrected chi connectivity index (χ0v) is 7.24. The van der Waals surface area contributed by atoms with Crippen molar-refractivity contribution >= 4 is 11.7 Å². The first-order valence-electron chi connectivity index (χ1n) is 3.57. The number of phenols is 2. The van der Waals surface area contributed by atoms with E-state index in [2.05, 4.69) is 4.74 Å². The number of esters is 1. The fourth-order valence-corrected chi connectivity index (χ4v) is 0.962. The highest BCUT2D eigenvalue weighted by atomic mass is 19.1. The van der Waals surface area contributed by atoms with Gasteiger partial charge in [-0.15, -0.1) is 0 Å². The van der Waals surface area contributed by atoms with Crippen LogP contribution < -0.4 is 5.73 Å². The molecular formula is C8H8FNO4. The lowest BCUT2D eigenvalue weighted by Crippen LogP contribution is -2.06. The van der Waals surface area contributed by atoms with Crippen LogP contribution in [-0.2, 0) is 4.74 Å². The molecule has 1 aromatic rings. The van der Waals surface area contributed by atoms with Gasteiger partial charge >= 0.3 is 5.97 Å². The average molecular weight is 201 g/mol. The molecule has 14 heavy (non-hydrogen) atoms. The van der Waals surface area contributed by atoms with Crippen LogP contribution in [0.2, 0.25) is 0 Å². The van der Waals surface area contributed by atoms with Crippen LogP contribution in [0.15, 0.2) is 6.07 Å². The second-order valence-corrected chi connectivity index (χ2v) is 2.51. The first-order chi connectivity index (χ1) is 6.49. The van der Waals surface area contributed by atoms with E-state index in [4.69, 9.17) is 10.8 Å². The summed E-state index contributed by atoms with van der Waals surface area (Å²) in [6.07, 6.45) is 0. The van der Waals surface area contributed by atoms with Crippen LogP contribution in [0.4, 0.5) is 10.1 Å². The van der Waals surface area contributed by atoms with E-state index in [0.717, 1.165) is 13.2 Å². The van der Waals surface area contributed by atoms with E-state index in [1.54, 1.807) is 0 Å². The number of carbonyl (C=O) groups excluding carboxylic acids is 1. The van der Waals surface area contributed by atoms with Crippen molar-refractivity contribution in [3.63, 3.8) is 0 Å². The van der Waals surface area contributed by atoms with Gasteiger partial charge in [-0.3, -0.25) is 0 Å². The number of phenolic OH excluding ortho intramolecular Hbond substituents is 2. The summed E-state index contributed by atoms with van der Waals surface area (Å²) >= 11 is 0. The molecule has 0 amide bonds. The third-order valence-corrected chi connectivity index (χ3v) is 1.65. The standard InChI is InChI=1S/C8H8FNO4/c1-14-8(13)5-4(10)2-3(9)6(11)7(5)12/h2,11-12H,10H2,1H3. The van der Waals surface area contributed by atoms with E-state index in [1.807, 2.05) is 0 Å². The molecule has 0 bridgehead atoms. The molecule has 5 nitrogen and oxygen atoms in total. The molecule has 0 fully saturated rings. The summed E-state index contributed by atoms with van der Waals surface area (Å²) in [6.45, 7) is 0. The van der Waals surface area contributed by atoms with E-state index < -0.39 is 28.8 Å². The van der Waals surface area contributed by atoms with E-state index in [1.165, 1.54) is 0 Å². The molecule has 0 aliphatic rings. The number of hydrogen-bond acceptors (Lipinski definition) is 5. The lowest BCUT2D eigenvalue weighted by Gasteiger charge is -2.07. The van der Waals surface area contributed by atoms with Crippen molar-refractivity contribution in [3.8, 4) is 11.5 Å². The molecule has 0 spiro atoms. The van der Waals surface area contributed by atoms with Crippen molar-refractivity contribution in [3.05, 3.63) is 17.4 Å². The van der Waals surface area contributed by atoms with Gasteiger partial charge in [0.1, 0.15) is 5.56 Å². The number of methoxy groups -OCH3 is 1. The van der Waals surface area contributed by atoms with Crippen LogP contribution in [0.5, 0.6) is 11.5 Å². The molecule has 1 rings (SSSR count). The number of hydrogen-bond donors (Lipinski definition) is 3. The van der Waals surface area contributed by atoms with Gasteiger partial charge in [0.25, 0.3) is 0 Å². The van der Waals surface area contributed by atoms with Crippen LogP contribution >= 0.6 is 0 Å². The first kappa shape index (κ1) is 10.1. The van der Waals surface area contributed by atoms with Crippen molar-refractivity contribution < 1.29 is 24.1 Å². The lowest BCUT2D eigenvalue weighted by atomic mass is 10.1. The molecule has 1 aromatic carbocycles. The Morgan fingerprint density at radius 2 is 2.07 bits per heavy atom. The Morgan fingerprint density at radius 1 is 1.50 bits per heavy atom. The minimum atomic E-state index is -1.10. The predicted molar refractivity (Wildman–Crippen MR) is 45.5 cm³/mol. The van der Waals surface area contributed by atoms with Crippen LogP contribution in [0, 0.1) is 5.82 Å². The van der Waals surface area contributed by atoms with Crippen LogP contribution in [-0.4, -0.2) is 23.3 Å². The second-order valence-electron chi connectivity index (χ2n) is 2.51. The number of benzene rings is 1. The highest BCUT2D eigenvalue weighted by molar-refractivity contribution is 5.98. The van der Waals surface area contributed by atoms with Gasteiger partial charge in [-0.1, -0.05) is 0 Å². The number of nitrogen functional groups attached to an aromatic ring is 1. The Bertz CT molecular complexity index is 391. The maximum atomic E-state index is 12.7. The number of rotatable bonds is 1. The number of aromatic hydroxyl groups is 2. The van der Waals surface area contributed by atoms with Crippen molar-refractivity contribution in [2.45, 2.75) is 0 Å². The summed E-state index contributed by atoms with van der Waals surface area (Å²) in [5.41, 5.74) is 4.50. The Labute approximate surface area is 78.5 Å². The third-order valence-electron chi connectivity index (χ3n) is 1.65. The maximum Gasteiger partial charge on any atom is 0.343 e. The Morgan fingerprint density at radius 3 is 2.57 bits per heavy atom. The van der Waals surface area contributed by atoms with Crippen LogP contribution in [0.3, 0.4) is 0 Å². The van der Waals surface area contributed by atoms with Gasteiger partial charge in [0, 0.05) is 6.07 Å². The minimum absolute atomic E-state index is 0.301. The van der Waals surface area contributed by atoms with Gasteiger partial charge in [0.2, 0.25) is 0 Å². The van der Waals surface area contributed by atoms with Gasteiger partial charge < -0.3 is 20.7 Å².